The van der Waals surface area contributed by atoms with Crippen molar-refractivity contribution in [2.24, 2.45) is 5.92 Å². The highest BCUT2D eigenvalue weighted by atomic mass is 79.9. The van der Waals surface area contributed by atoms with Crippen LogP contribution in [-0.4, -0.2) is 30.0 Å². The third kappa shape index (κ3) is 3.95. The van der Waals surface area contributed by atoms with E-state index in [4.69, 9.17) is 4.74 Å². The molecular weight excluding hydrogens is 282 g/mol. The molecule has 98 valence electrons. The van der Waals surface area contributed by atoms with Crippen molar-refractivity contribution in [2.45, 2.75) is 55.8 Å². The molecule has 1 saturated heterocycles. The first-order valence-corrected chi connectivity index (χ1v) is 7.71. The van der Waals surface area contributed by atoms with Crippen LogP contribution < -0.4 is 5.32 Å². The molecule has 1 amide bonds. The smallest absolute Gasteiger partial charge is 0.223 e. The van der Waals surface area contributed by atoms with E-state index in [1.165, 1.54) is 25.7 Å². The lowest BCUT2D eigenvalue weighted by molar-refractivity contribution is -0.128. The summed E-state index contributed by atoms with van der Waals surface area (Å²) in [6.07, 6.45) is 7.87. The molecule has 1 aliphatic heterocycles. The number of rotatable bonds is 2. The molecule has 0 spiro atoms. The van der Waals surface area contributed by atoms with Crippen molar-refractivity contribution < 1.29 is 9.53 Å². The number of hydrogen-bond acceptors (Lipinski definition) is 2. The molecule has 2 fully saturated rings. The standard InChI is InChI=1S/C13H22BrNO2/c14-11-4-2-1-3-5-12(11)15-13(16)10-6-8-17-9-7-10/h10-12H,1-9H2,(H,15,16). The average Bonchev–Trinajstić information content (AvgIpc) is 2.56. The molecule has 0 aromatic rings. The van der Waals surface area contributed by atoms with E-state index in [0.717, 1.165) is 32.5 Å². The van der Waals surface area contributed by atoms with E-state index in [9.17, 15) is 4.79 Å². The molecule has 1 N–H and O–H groups in total. The predicted octanol–water partition coefficient (Wildman–Crippen LogP) is 2.63. The third-order valence-corrected chi connectivity index (χ3v) is 4.95. The van der Waals surface area contributed by atoms with Gasteiger partial charge in [0.2, 0.25) is 5.91 Å². The van der Waals surface area contributed by atoms with Crippen LogP contribution in [0.15, 0.2) is 0 Å². The molecule has 3 nitrogen and oxygen atoms in total. The van der Waals surface area contributed by atoms with E-state index in [-0.39, 0.29) is 11.8 Å². The lowest BCUT2D eigenvalue weighted by Crippen LogP contribution is -2.44. The number of carbonyl (C=O) groups is 1. The van der Waals surface area contributed by atoms with Gasteiger partial charge < -0.3 is 10.1 Å². The second-order valence-corrected chi connectivity index (χ2v) is 6.33. The Morgan fingerprint density at radius 1 is 1.06 bits per heavy atom. The normalized spacial score (nSPS) is 31.8. The zero-order valence-electron chi connectivity index (χ0n) is 10.3. The van der Waals surface area contributed by atoms with Gasteiger partial charge in [0.15, 0.2) is 0 Å². The second kappa shape index (κ2) is 6.74. The Balaban J connectivity index is 1.83. The lowest BCUT2D eigenvalue weighted by atomic mass is 9.98. The van der Waals surface area contributed by atoms with Crippen LogP contribution in [0.5, 0.6) is 0 Å². The molecule has 2 unspecified atom stereocenters. The molecule has 0 aromatic carbocycles. The molecule has 17 heavy (non-hydrogen) atoms. The molecule has 0 aromatic heterocycles. The maximum absolute atomic E-state index is 12.1. The molecule has 1 heterocycles. The Morgan fingerprint density at radius 3 is 2.53 bits per heavy atom. The first-order valence-electron chi connectivity index (χ1n) is 6.79. The summed E-state index contributed by atoms with van der Waals surface area (Å²) in [7, 11) is 0. The Hall–Kier alpha value is -0.0900. The SMILES string of the molecule is O=C(NC1CCCCCC1Br)C1CCOCC1. The van der Waals surface area contributed by atoms with Crippen LogP contribution >= 0.6 is 15.9 Å². The molecule has 1 aliphatic carbocycles. The summed E-state index contributed by atoms with van der Waals surface area (Å²) in [5.41, 5.74) is 0. The molecule has 2 atom stereocenters. The van der Waals surface area contributed by atoms with Gasteiger partial charge in [0.05, 0.1) is 0 Å². The van der Waals surface area contributed by atoms with Crippen LogP contribution in [0.2, 0.25) is 0 Å². The van der Waals surface area contributed by atoms with E-state index in [2.05, 4.69) is 21.2 Å². The van der Waals surface area contributed by atoms with E-state index < -0.39 is 0 Å². The predicted molar refractivity (Wildman–Crippen MR) is 71.3 cm³/mol. The van der Waals surface area contributed by atoms with E-state index >= 15 is 0 Å². The minimum absolute atomic E-state index is 0.173. The molecule has 0 radical (unpaired) electrons. The highest BCUT2D eigenvalue weighted by molar-refractivity contribution is 9.09. The summed E-state index contributed by atoms with van der Waals surface area (Å²) in [6, 6.07) is 0.327. The summed E-state index contributed by atoms with van der Waals surface area (Å²) < 4.78 is 5.29. The minimum Gasteiger partial charge on any atom is -0.381 e. The Labute approximate surface area is 112 Å². The molecule has 2 rings (SSSR count). The zero-order chi connectivity index (χ0) is 12.1. The van der Waals surface area contributed by atoms with Crippen molar-refractivity contribution in [2.75, 3.05) is 13.2 Å². The zero-order valence-corrected chi connectivity index (χ0v) is 11.9. The quantitative estimate of drug-likeness (QED) is 0.629. The van der Waals surface area contributed by atoms with Crippen LogP contribution in [0, 0.1) is 5.92 Å². The summed E-state index contributed by atoms with van der Waals surface area (Å²) >= 11 is 3.72. The number of alkyl halides is 1. The van der Waals surface area contributed by atoms with Gasteiger partial charge in [-0.1, -0.05) is 35.2 Å². The average molecular weight is 304 g/mol. The maximum Gasteiger partial charge on any atom is 0.223 e. The van der Waals surface area contributed by atoms with Gasteiger partial charge in [-0.2, -0.15) is 0 Å². The van der Waals surface area contributed by atoms with Crippen LogP contribution in [0.1, 0.15) is 44.9 Å². The monoisotopic (exact) mass is 303 g/mol. The van der Waals surface area contributed by atoms with Gasteiger partial charge in [-0.05, 0) is 25.7 Å². The highest BCUT2D eigenvalue weighted by Gasteiger charge is 2.27. The number of nitrogens with one attached hydrogen (secondary N) is 1. The van der Waals surface area contributed by atoms with Gasteiger partial charge in [0, 0.05) is 30.0 Å². The van der Waals surface area contributed by atoms with E-state index in [0.29, 0.717) is 10.9 Å². The van der Waals surface area contributed by atoms with Crippen LogP contribution in [-0.2, 0) is 9.53 Å². The van der Waals surface area contributed by atoms with Gasteiger partial charge in [0.25, 0.3) is 0 Å². The number of hydrogen-bond donors (Lipinski definition) is 1. The van der Waals surface area contributed by atoms with Gasteiger partial charge in [0.1, 0.15) is 0 Å². The minimum atomic E-state index is 0.173. The third-order valence-electron chi connectivity index (χ3n) is 3.85. The highest BCUT2D eigenvalue weighted by Crippen LogP contribution is 2.24. The number of carbonyl (C=O) groups excluding carboxylic acids is 1. The number of ether oxygens (including phenoxy) is 1. The molecule has 2 aliphatic rings. The molecular formula is C13H22BrNO2. The van der Waals surface area contributed by atoms with Gasteiger partial charge in [-0.15, -0.1) is 0 Å². The number of amides is 1. The first kappa shape index (κ1) is 13.3. The second-order valence-electron chi connectivity index (χ2n) is 5.16. The molecule has 4 heteroatoms. The first-order chi connectivity index (χ1) is 8.27. The maximum atomic E-state index is 12.1. The largest absolute Gasteiger partial charge is 0.381 e. The summed E-state index contributed by atoms with van der Waals surface area (Å²) in [6.45, 7) is 1.47. The van der Waals surface area contributed by atoms with Crippen LogP contribution in [0.3, 0.4) is 0 Å². The fraction of sp³-hybridized carbons (Fsp3) is 0.923. The van der Waals surface area contributed by atoms with Crippen molar-refractivity contribution in [3.63, 3.8) is 0 Å². The van der Waals surface area contributed by atoms with E-state index in [1.54, 1.807) is 0 Å². The van der Waals surface area contributed by atoms with Crippen LogP contribution in [0.4, 0.5) is 0 Å². The van der Waals surface area contributed by atoms with Gasteiger partial charge in [-0.25, -0.2) is 0 Å². The summed E-state index contributed by atoms with van der Waals surface area (Å²) in [5.74, 6) is 0.413. The Morgan fingerprint density at radius 2 is 1.76 bits per heavy atom. The summed E-state index contributed by atoms with van der Waals surface area (Å²) in [5, 5.41) is 3.24. The van der Waals surface area contributed by atoms with Gasteiger partial charge in [-0.3, -0.25) is 4.79 Å². The summed E-state index contributed by atoms with van der Waals surface area (Å²) in [4.78, 5) is 12.6. The molecule has 0 bridgehead atoms. The Bertz CT molecular complexity index is 254. The van der Waals surface area contributed by atoms with Gasteiger partial charge >= 0.3 is 0 Å². The number of halogens is 1. The van der Waals surface area contributed by atoms with Crippen molar-refractivity contribution in [1.82, 2.24) is 5.32 Å². The Kier molecular flexibility index (Phi) is 5.29. The molecule has 1 saturated carbocycles. The van der Waals surface area contributed by atoms with Crippen molar-refractivity contribution in [3.05, 3.63) is 0 Å². The fourth-order valence-corrected chi connectivity index (χ4v) is 3.41. The fourth-order valence-electron chi connectivity index (χ4n) is 2.69. The topological polar surface area (TPSA) is 38.3 Å². The van der Waals surface area contributed by atoms with Crippen molar-refractivity contribution in [3.8, 4) is 0 Å². The van der Waals surface area contributed by atoms with Crippen molar-refractivity contribution >= 4 is 21.8 Å². The lowest BCUT2D eigenvalue weighted by Gasteiger charge is -2.26. The van der Waals surface area contributed by atoms with Crippen molar-refractivity contribution in [1.29, 1.82) is 0 Å². The van der Waals surface area contributed by atoms with Crippen LogP contribution in [0.25, 0.3) is 0 Å². The van der Waals surface area contributed by atoms with E-state index in [1.807, 2.05) is 0 Å².